The maximum atomic E-state index is 12.2. The predicted molar refractivity (Wildman–Crippen MR) is 106 cm³/mol. The summed E-state index contributed by atoms with van der Waals surface area (Å²) >= 11 is 0. The third-order valence-electron chi connectivity index (χ3n) is 5.11. The molecule has 1 unspecified atom stereocenters. The first-order chi connectivity index (χ1) is 11.6. The lowest BCUT2D eigenvalue weighted by atomic mass is 10.00. The van der Waals surface area contributed by atoms with E-state index in [1.165, 1.54) is 27.8 Å². The number of halogens is 1. The van der Waals surface area contributed by atoms with E-state index in [9.17, 15) is 4.79 Å². The molecule has 1 amide bonds. The Morgan fingerprint density at radius 1 is 1.16 bits per heavy atom. The molecule has 25 heavy (non-hydrogen) atoms. The summed E-state index contributed by atoms with van der Waals surface area (Å²) in [6, 6.07) is 15.5. The number of rotatable bonds is 6. The van der Waals surface area contributed by atoms with Gasteiger partial charge in [-0.2, -0.15) is 0 Å². The number of amides is 1. The van der Waals surface area contributed by atoms with Crippen molar-refractivity contribution in [3.05, 3.63) is 59.2 Å². The van der Waals surface area contributed by atoms with Crippen LogP contribution in [0.4, 0.5) is 0 Å². The van der Waals surface area contributed by atoms with Gasteiger partial charge in [0.05, 0.1) is 0 Å². The second kappa shape index (κ2) is 8.50. The molecule has 2 aromatic rings. The fourth-order valence-electron chi connectivity index (χ4n) is 3.35. The highest BCUT2D eigenvalue weighted by molar-refractivity contribution is 5.85. The monoisotopic (exact) mass is 358 g/mol. The van der Waals surface area contributed by atoms with Gasteiger partial charge in [-0.15, -0.1) is 12.4 Å². The lowest BCUT2D eigenvalue weighted by molar-refractivity contribution is -0.131. The Kier molecular flexibility index (Phi) is 6.63. The maximum Gasteiger partial charge on any atom is 0.222 e. The van der Waals surface area contributed by atoms with Crippen molar-refractivity contribution in [1.29, 1.82) is 0 Å². The molecular weight excluding hydrogens is 332 g/mol. The standard InChI is InChI=1S/C21H26N2O.ClH/c1-15(14-22)23(2)21(24)9-5-6-16-10-11-18-13-17-7-3-4-8-19(17)20(18)12-16;/h3-4,7-8,10-12,15H,5-6,9,13-14,22H2,1-2H3;1H. The lowest BCUT2D eigenvalue weighted by Gasteiger charge is -2.23. The largest absolute Gasteiger partial charge is 0.342 e. The number of likely N-dealkylation sites (N-methyl/N-ethyl adjacent to an activating group) is 1. The summed E-state index contributed by atoms with van der Waals surface area (Å²) in [7, 11) is 1.84. The molecule has 0 heterocycles. The third kappa shape index (κ3) is 4.23. The number of nitrogens with two attached hydrogens (primary N) is 1. The molecule has 3 nitrogen and oxygen atoms in total. The van der Waals surface area contributed by atoms with Crippen molar-refractivity contribution >= 4 is 18.3 Å². The highest BCUT2D eigenvalue weighted by atomic mass is 35.5. The molecule has 3 rings (SSSR count). The van der Waals surface area contributed by atoms with Crippen molar-refractivity contribution < 1.29 is 4.79 Å². The van der Waals surface area contributed by atoms with Gasteiger partial charge in [0.2, 0.25) is 5.91 Å². The molecular formula is C21H27ClN2O. The number of hydrogen-bond acceptors (Lipinski definition) is 2. The van der Waals surface area contributed by atoms with Crippen LogP contribution in [0.2, 0.25) is 0 Å². The molecule has 1 aliphatic carbocycles. The van der Waals surface area contributed by atoms with Crippen LogP contribution < -0.4 is 5.73 Å². The van der Waals surface area contributed by atoms with Crippen LogP contribution in [-0.2, 0) is 17.6 Å². The van der Waals surface area contributed by atoms with E-state index in [1.807, 2.05) is 14.0 Å². The zero-order valence-corrected chi connectivity index (χ0v) is 15.8. The zero-order valence-electron chi connectivity index (χ0n) is 15.0. The van der Waals surface area contributed by atoms with Gasteiger partial charge in [-0.25, -0.2) is 0 Å². The van der Waals surface area contributed by atoms with E-state index in [2.05, 4.69) is 42.5 Å². The maximum absolute atomic E-state index is 12.2. The van der Waals surface area contributed by atoms with Crippen LogP contribution in [0.5, 0.6) is 0 Å². The van der Waals surface area contributed by atoms with E-state index in [0.29, 0.717) is 13.0 Å². The number of benzene rings is 2. The van der Waals surface area contributed by atoms with Crippen LogP contribution in [0.1, 0.15) is 36.5 Å². The van der Waals surface area contributed by atoms with Crippen LogP contribution in [0.15, 0.2) is 42.5 Å². The molecule has 134 valence electrons. The fourth-order valence-corrected chi connectivity index (χ4v) is 3.35. The Bertz CT molecular complexity index is 744. The molecule has 1 aliphatic rings. The van der Waals surface area contributed by atoms with E-state index in [-0.39, 0.29) is 24.4 Å². The normalized spacial score (nSPS) is 12.8. The van der Waals surface area contributed by atoms with Crippen molar-refractivity contribution in [3.63, 3.8) is 0 Å². The minimum absolute atomic E-state index is 0. The van der Waals surface area contributed by atoms with E-state index >= 15 is 0 Å². The van der Waals surface area contributed by atoms with E-state index < -0.39 is 0 Å². The van der Waals surface area contributed by atoms with Gasteiger partial charge in [0.15, 0.2) is 0 Å². The molecule has 4 heteroatoms. The van der Waals surface area contributed by atoms with E-state index in [1.54, 1.807) is 4.90 Å². The van der Waals surface area contributed by atoms with Crippen molar-refractivity contribution in [2.75, 3.05) is 13.6 Å². The first kappa shape index (κ1) is 19.5. The van der Waals surface area contributed by atoms with E-state index in [0.717, 1.165) is 19.3 Å². The van der Waals surface area contributed by atoms with E-state index in [4.69, 9.17) is 5.73 Å². The van der Waals surface area contributed by atoms with Gasteiger partial charge in [0.25, 0.3) is 0 Å². The Morgan fingerprint density at radius 3 is 2.64 bits per heavy atom. The average Bonchev–Trinajstić information content (AvgIpc) is 2.98. The Morgan fingerprint density at radius 2 is 1.88 bits per heavy atom. The van der Waals surface area contributed by atoms with Gasteiger partial charge in [0.1, 0.15) is 0 Å². The van der Waals surface area contributed by atoms with Crippen LogP contribution in [0.3, 0.4) is 0 Å². The van der Waals surface area contributed by atoms with Crippen LogP contribution in [-0.4, -0.2) is 30.4 Å². The fraction of sp³-hybridized carbons (Fsp3) is 0.381. The summed E-state index contributed by atoms with van der Waals surface area (Å²) in [6.07, 6.45) is 3.42. The van der Waals surface area contributed by atoms with Crippen molar-refractivity contribution in [3.8, 4) is 11.1 Å². The molecule has 2 aromatic carbocycles. The molecule has 0 saturated carbocycles. The van der Waals surface area contributed by atoms with Crippen molar-refractivity contribution in [2.45, 2.75) is 38.6 Å². The summed E-state index contributed by atoms with van der Waals surface area (Å²) in [5, 5.41) is 0. The summed E-state index contributed by atoms with van der Waals surface area (Å²) in [4.78, 5) is 13.9. The van der Waals surface area contributed by atoms with Crippen molar-refractivity contribution in [2.24, 2.45) is 5.73 Å². The molecule has 0 aromatic heterocycles. The van der Waals surface area contributed by atoms with Gasteiger partial charge in [-0.1, -0.05) is 42.5 Å². The first-order valence-electron chi connectivity index (χ1n) is 8.76. The molecule has 0 saturated heterocycles. The van der Waals surface area contributed by atoms with Gasteiger partial charge < -0.3 is 10.6 Å². The number of fused-ring (bicyclic) bond motifs is 3. The third-order valence-corrected chi connectivity index (χ3v) is 5.11. The Labute approximate surface area is 156 Å². The van der Waals surface area contributed by atoms with Gasteiger partial charge >= 0.3 is 0 Å². The molecule has 1 atom stereocenters. The molecule has 0 spiro atoms. The summed E-state index contributed by atoms with van der Waals surface area (Å²) in [5.74, 6) is 0.180. The number of nitrogens with zero attached hydrogens (tertiary/aromatic N) is 1. The molecule has 0 aliphatic heterocycles. The highest BCUT2D eigenvalue weighted by Gasteiger charge is 2.18. The lowest BCUT2D eigenvalue weighted by Crippen LogP contribution is -2.39. The van der Waals surface area contributed by atoms with Gasteiger partial charge in [0, 0.05) is 26.1 Å². The SMILES string of the molecule is CC(CN)N(C)C(=O)CCCc1ccc2c(c1)-c1ccccc1C2.Cl. The minimum Gasteiger partial charge on any atom is -0.342 e. The average molecular weight is 359 g/mol. The van der Waals surface area contributed by atoms with Crippen LogP contribution in [0, 0.1) is 0 Å². The Hall–Kier alpha value is -1.84. The van der Waals surface area contributed by atoms with Crippen molar-refractivity contribution in [1.82, 2.24) is 4.90 Å². The zero-order chi connectivity index (χ0) is 17.1. The quantitative estimate of drug-likeness (QED) is 0.728. The second-order valence-electron chi connectivity index (χ2n) is 6.77. The topological polar surface area (TPSA) is 46.3 Å². The smallest absolute Gasteiger partial charge is 0.222 e. The summed E-state index contributed by atoms with van der Waals surface area (Å²) in [5.41, 5.74) is 12.5. The first-order valence-corrected chi connectivity index (χ1v) is 8.76. The number of carbonyl (C=O) groups is 1. The highest BCUT2D eigenvalue weighted by Crippen LogP contribution is 2.36. The van der Waals surface area contributed by atoms with Crippen LogP contribution in [0.25, 0.3) is 11.1 Å². The van der Waals surface area contributed by atoms with Gasteiger partial charge in [-0.05, 0) is 54.0 Å². The van der Waals surface area contributed by atoms with Gasteiger partial charge in [-0.3, -0.25) is 4.79 Å². The molecule has 0 radical (unpaired) electrons. The molecule has 0 fully saturated rings. The number of hydrogen-bond donors (Lipinski definition) is 1. The number of aryl methyl sites for hydroxylation is 1. The van der Waals surface area contributed by atoms with Crippen LogP contribution >= 0.6 is 12.4 Å². The summed E-state index contributed by atoms with van der Waals surface area (Å²) in [6.45, 7) is 2.49. The molecule has 0 bridgehead atoms. The summed E-state index contributed by atoms with van der Waals surface area (Å²) < 4.78 is 0. The number of carbonyl (C=O) groups excluding carboxylic acids is 1. The molecule has 2 N–H and O–H groups in total. The predicted octanol–water partition coefficient (Wildman–Crippen LogP) is 3.81. The minimum atomic E-state index is 0. The second-order valence-corrected chi connectivity index (χ2v) is 6.77. The Balaban J connectivity index is 0.00000225.